The van der Waals surface area contributed by atoms with E-state index >= 15 is 0 Å². The first-order valence-electron chi connectivity index (χ1n) is 16.7. The van der Waals surface area contributed by atoms with Gasteiger partial charge in [-0.25, -0.2) is 0 Å². The fourth-order valence-corrected chi connectivity index (χ4v) is 7.45. The molecule has 0 saturated carbocycles. The molecule has 0 radical (unpaired) electrons. The van der Waals surface area contributed by atoms with Crippen LogP contribution in [0.15, 0.2) is 54.6 Å². The number of allylic oxidation sites excluding steroid dienone is 1. The second-order valence-corrected chi connectivity index (χ2v) is 14.0. The Bertz CT molecular complexity index is 1350. The Labute approximate surface area is 272 Å². The number of carbonyl (C=O) groups is 4. The van der Waals surface area contributed by atoms with E-state index in [9.17, 15) is 24.3 Å². The van der Waals surface area contributed by atoms with Crippen molar-refractivity contribution in [1.82, 2.24) is 14.7 Å². The lowest BCUT2D eigenvalue weighted by molar-refractivity contribution is -0.164. The van der Waals surface area contributed by atoms with E-state index < -0.39 is 53.2 Å². The molecule has 2 saturated heterocycles. The molecule has 1 N–H and O–H groups in total. The maximum atomic E-state index is 14.7. The lowest BCUT2D eigenvalue weighted by Gasteiger charge is -2.41. The van der Waals surface area contributed by atoms with Gasteiger partial charge in [-0.1, -0.05) is 67.5 Å². The average Bonchev–Trinajstić information content (AvgIpc) is 3.67. The first kappa shape index (κ1) is 33.9. The van der Waals surface area contributed by atoms with Gasteiger partial charge in [0.2, 0.25) is 17.7 Å². The third-order valence-corrected chi connectivity index (χ3v) is 10.1. The monoisotopic (exact) mass is 635 g/mol. The first-order chi connectivity index (χ1) is 21.9. The standard InChI is InChI=1S/C36H49N3O7/c1-24-30(25-16-10-8-11-17-25)45-34(44)28-26-19-20-36(46-26)29(28)32(42)38(21-13-6-7-15-23-40)31(36)33(43)39(35(2,3)4)22-14-9-12-18-27(41)37(24)5/h8-11,14,16-17,19-20,24,26,28-31,40H,6-7,12-13,15,18,21-23H2,1-5H3/b14-9-/t24-,26+,28-,29-,30+,31+,36-/m1/s1. The molecule has 4 aliphatic heterocycles. The van der Waals surface area contributed by atoms with E-state index in [0.29, 0.717) is 32.4 Å². The number of esters is 1. The third-order valence-electron chi connectivity index (χ3n) is 10.1. The van der Waals surface area contributed by atoms with Crippen molar-refractivity contribution >= 4 is 23.7 Å². The number of likely N-dealkylation sites (tertiary alicyclic amines) is 1. The smallest absolute Gasteiger partial charge is 0.313 e. The van der Waals surface area contributed by atoms with Crippen molar-refractivity contribution < 1.29 is 33.8 Å². The molecule has 10 heteroatoms. The number of nitrogens with zero attached hydrogens (tertiary/aromatic N) is 3. The van der Waals surface area contributed by atoms with E-state index in [1.807, 2.05) is 76.3 Å². The van der Waals surface area contributed by atoms with Crippen LogP contribution in [0.3, 0.4) is 0 Å². The number of amides is 3. The van der Waals surface area contributed by atoms with Crippen LogP contribution in [0.2, 0.25) is 0 Å². The molecule has 2 fully saturated rings. The summed E-state index contributed by atoms with van der Waals surface area (Å²) in [7, 11) is 1.72. The Kier molecular flexibility index (Phi) is 10.1. The van der Waals surface area contributed by atoms with Gasteiger partial charge in [0.1, 0.15) is 23.7 Å². The summed E-state index contributed by atoms with van der Waals surface area (Å²) < 4.78 is 12.9. The summed E-state index contributed by atoms with van der Waals surface area (Å²) in [5, 5.41) is 9.23. The number of likely N-dealkylation sites (N-methyl/N-ethyl adjacent to an activating group) is 1. The molecule has 46 heavy (non-hydrogen) atoms. The zero-order valence-corrected chi connectivity index (χ0v) is 27.8. The number of cyclic esters (lactones) is 1. The highest BCUT2D eigenvalue weighted by Gasteiger charge is 2.73. The number of unbranched alkanes of at least 4 members (excludes halogenated alkanes) is 3. The van der Waals surface area contributed by atoms with Gasteiger partial charge in [0.25, 0.3) is 0 Å². The number of aliphatic hydroxyl groups excluding tert-OH is 1. The van der Waals surface area contributed by atoms with Crippen LogP contribution in [0.1, 0.15) is 77.9 Å². The van der Waals surface area contributed by atoms with Gasteiger partial charge in [-0.2, -0.15) is 0 Å². The summed E-state index contributed by atoms with van der Waals surface area (Å²) in [4.78, 5) is 61.7. The highest BCUT2D eigenvalue weighted by atomic mass is 16.6. The number of rotatable bonds is 7. The molecule has 0 aromatic heterocycles. The number of aliphatic hydroxyl groups is 1. The normalized spacial score (nSPS) is 32.7. The van der Waals surface area contributed by atoms with Gasteiger partial charge in [0.15, 0.2) is 0 Å². The Morgan fingerprint density at radius 1 is 0.978 bits per heavy atom. The summed E-state index contributed by atoms with van der Waals surface area (Å²) in [5.74, 6) is -3.04. The molecule has 1 aromatic carbocycles. The molecule has 5 bridgehead atoms. The molecular formula is C36H49N3O7. The summed E-state index contributed by atoms with van der Waals surface area (Å²) >= 11 is 0. The van der Waals surface area contributed by atoms with Gasteiger partial charge < -0.3 is 29.3 Å². The molecule has 250 valence electrons. The summed E-state index contributed by atoms with van der Waals surface area (Å²) in [6.45, 7) is 8.48. The van der Waals surface area contributed by atoms with Crippen molar-refractivity contribution in [3.63, 3.8) is 0 Å². The average molecular weight is 636 g/mol. The van der Waals surface area contributed by atoms with E-state index in [-0.39, 0.29) is 30.7 Å². The molecule has 0 aliphatic carbocycles. The molecule has 5 rings (SSSR count). The fraction of sp³-hybridized carbons (Fsp3) is 0.611. The van der Waals surface area contributed by atoms with Crippen molar-refractivity contribution in [1.29, 1.82) is 0 Å². The molecule has 10 nitrogen and oxygen atoms in total. The quantitative estimate of drug-likeness (QED) is 0.275. The topological polar surface area (TPSA) is 117 Å². The van der Waals surface area contributed by atoms with Gasteiger partial charge in [-0.05, 0) is 52.5 Å². The number of hydrogen-bond acceptors (Lipinski definition) is 7. The zero-order chi connectivity index (χ0) is 33.2. The lowest BCUT2D eigenvalue weighted by atomic mass is 9.74. The summed E-state index contributed by atoms with van der Waals surface area (Å²) in [5.41, 5.74) is -1.14. The molecule has 7 atom stereocenters. The minimum atomic E-state index is -1.30. The van der Waals surface area contributed by atoms with Crippen LogP contribution >= 0.6 is 0 Å². The maximum Gasteiger partial charge on any atom is 0.313 e. The van der Waals surface area contributed by atoms with Gasteiger partial charge in [-0.3, -0.25) is 19.2 Å². The molecule has 4 heterocycles. The number of carbonyl (C=O) groups excluding carboxylic acids is 4. The fourth-order valence-electron chi connectivity index (χ4n) is 7.45. The Morgan fingerprint density at radius 2 is 1.70 bits per heavy atom. The predicted octanol–water partition coefficient (Wildman–Crippen LogP) is 3.80. The SMILES string of the molecule is C[C@@H]1[C@@H](c2ccccc2)OC(=O)[C@@H]2[C@@H]3C=C[C@]4(O3)[C@H](C(=O)N(C(C)(C)C)C/C=C\CCC(=O)N1C)N(CCCCCCO)C(=O)[C@@H]24. The van der Waals surface area contributed by atoms with Crippen LogP contribution < -0.4 is 0 Å². The number of benzene rings is 1. The summed E-state index contributed by atoms with van der Waals surface area (Å²) in [6.07, 6.45) is 9.66. The number of hydrogen-bond donors (Lipinski definition) is 1. The van der Waals surface area contributed by atoms with Crippen LogP contribution in [-0.4, -0.2) is 99.6 Å². The molecule has 0 unspecified atom stereocenters. The Balaban J connectivity index is 1.57. The van der Waals surface area contributed by atoms with Gasteiger partial charge >= 0.3 is 5.97 Å². The summed E-state index contributed by atoms with van der Waals surface area (Å²) in [6, 6.07) is 7.91. The minimum Gasteiger partial charge on any atom is -0.455 e. The largest absolute Gasteiger partial charge is 0.455 e. The van der Waals surface area contributed by atoms with E-state index in [1.165, 1.54) is 0 Å². The Hall–Kier alpha value is -3.50. The van der Waals surface area contributed by atoms with Crippen molar-refractivity contribution in [2.45, 2.75) is 102 Å². The van der Waals surface area contributed by atoms with Crippen LogP contribution in [-0.2, 0) is 28.7 Å². The first-order valence-corrected chi connectivity index (χ1v) is 16.7. The van der Waals surface area contributed by atoms with E-state index in [2.05, 4.69) is 0 Å². The van der Waals surface area contributed by atoms with E-state index in [0.717, 1.165) is 18.4 Å². The minimum absolute atomic E-state index is 0.0868. The molecule has 3 amide bonds. The van der Waals surface area contributed by atoms with Crippen LogP contribution in [0.5, 0.6) is 0 Å². The highest BCUT2D eigenvalue weighted by molar-refractivity contribution is 5.99. The van der Waals surface area contributed by atoms with Crippen molar-refractivity contribution in [3.05, 3.63) is 60.2 Å². The molecule has 1 aromatic rings. The number of fused-ring (bicyclic) bond motifs is 2. The Morgan fingerprint density at radius 3 is 2.39 bits per heavy atom. The highest BCUT2D eigenvalue weighted by Crippen LogP contribution is 2.56. The molecule has 4 aliphatic rings. The molecule has 1 spiro atoms. The van der Waals surface area contributed by atoms with Crippen LogP contribution in [0, 0.1) is 11.8 Å². The zero-order valence-electron chi connectivity index (χ0n) is 27.8. The lowest BCUT2D eigenvalue weighted by Crippen LogP contribution is -2.59. The van der Waals surface area contributed by atoms with Crippen LogP contribution in [0.4, 0.5) is 0 Å². The number of ether oxygens (including phenoxy) is 2. The van der Waals surface area contributed by atoms with Crippen LogP contribution in [0.25, 0.3) is 0 Å². The van der Waals surface area contributed by atoms with E-state index in [4.69, 9.17) is 9.47 Å². The van der Waals surface area contributed by atoms with Crippen molar-refractivity contribution in [3.8, 4) is 0 Å². The van der Waals surface area contributed by atoms with Gasteiger partial charge in [-0.15, -0.1) is 0 Å². The van der Waals surface area contributed by atoms with Crippen molar-refractivity contribution in [2.75, 3.05) is 26.7 Å². The third kappa shape index (κ3) is 6.26. The van der Waals surface area contributed by atoms with Gasteiger partial charge in [0.05, 0.1) is 18.1 Å². The van der Waals surface area contributed by atoms with Crippen molar-refractivity contribution in [2.24, 2.45) is 11.8 Å². The predicted molar refractivity (Wildman–Crippen MR) is 172 cm³/mol. The second kappa shape index (κ2) is 13.7. The molecular weight excluding hydrogens is 586 g/mol. The second-order valence-electron chi connectivity index (χ2n) is 14.0. The van der Waals surface area contributed by atoms with E-state index in [1.54, 1.807) is 27.8 Å². The maximum absolute atomic E-state index is 14.7. The van der Waals surface area contributed by atoms with Gasteiger partial charge in [0, 0.05) is 38.7 Å².